The van der Waals surface area contributed by atoms with Crippen LogP contribution in [-0.2, 0) is 11.2 Å². The molecule has 0 radical (unpaired) electrons. The highest BCUT2D eigenvalue weighted by Gasteiger charge is 2.10. The maximum absolute atomic E-state index is 12.6. The molecule has 142 valence electrons. The molecule has 3 rings (SSSR count). The molecule has 0 saturated heterocycles. The molecule has 0 atom stereocenters. The number of nitrogens with one attached hydrogen (secondary N) is 3. The standard InChI is InChI=1S/C22H22N4O2/c1-3-16-6-4-5-7-21(16)26-22(28)17-12-20(14-23-13-17)25-19-10-8-18(9-11-19)24-15(2)27/h4-14,25H,3H2,1-2H3,(H,24,27)(H,26,28). The van der Waals surface area contributed by atoms with E-state index in [-0.39, 0.29) is 11.8 Å². The van der Waals surface area contributed by atoms with E-state index in [1.165, 1.54) is 13.1 Å². The molecule has 0 aliphatic heterocycles. The van der Waals surface area contributed by atoms with Gasteiger partial charge in [0.2, 0.25) is 5.91 Å². The summed E-state index contributed by atoms with van der Waals surface area (Å²) in [5.41, 5.74) is 4.59. The third kappa shape index (κ3) is 4.94. The van der Waals surface area contributed by atoms with Crippen LogP contribution in [0.25, 0.3) is 0 Å². The number of benzene rings is 2. The highest BCUT2D eigenvalue weighted by atomic mass is 16.2. The van der Waals surface area contributed by atoms with Crippen molar-refractivity contribution in [3.05, 3.63) is 78.1 Å². The Labute approximate surface area is 164 Å². The summed E-state index contributed by atoms with van der Waals surface area (Å²) in [6, 6.07) is 16.8. The quantitative estimate of drug-likeness (QED) is 0.589. The van der Waals surface area contributed by atoms with Crippen molar-refractivity contribution in [1.82, 2.24) is 4.98 Å². The molecule has 0 bridgehead atoms. The van der Waals surface area contributed by atoms with E-state index in [9.17, 15) is 9.59 Å². The molecule has 1 aromatic heterocycles. The fourth-order valence-electron chi connectivity index (χ4n) is 2.78. The third-order valence-corrected chi connectivity index (χ3v) is 4.14. The van der Waals surface area contributed by atoms with Gasteiger partial charge in [-0.1, -0.05) is 25.1 Å². The first-order chi connectivity index (χ1) is 13.5. The van der Waals surface area contributed by atoms with E-state index in [0.717, 1.165) is 29.0 Å². The van der Waals surface area contributed by atoms with Gasteiger partial charge in [0.05, 0.1) is 17.4 Å². The van der Waals surface area contributed by atoms with Crippen LogP contribution < -0.4 is 16.0 Å². The van der Waals surface area contributed by atoms with Crippen LogP contribution in [0.3, 0.4) is 0 Å². The van der Waals surface area contributed by atoms with Crippen LogP contribution in [0, 0.1) is 0 Å². The number of carbonyl (C=O) groups excluding carboxylic acids is 2. The molecule has 0 fully saturated rings. The molecule has 6 nitrogen and oxygen atoms in total. The molecule has 3 N–H and O–H groups in total. The van der Waals surface area contributed by atoms with E-state index in [4.69, 9.17) is 0 Å². The molecule has 0 saturated carbocycles. The molecule has 6 heteroatoms. The van der Waals surface area contributed by atoms with Crippen LogP contribution in [0.4, 0.5) is 22.7 Å². The van der Waals surface area contributed by atoms with Crippen LogP contribution in [0.1, 0.15) is 29.8 Å². The number of hydrogen-bond acceptors (Lipinski definition) is 4. The minimum Gasteiger partial charge on any atom is -0.354 e. The van der Waals surface area contributed by atoms with Crippen LogP contribution in [0.2, 0.25) is 0 Å². The number of aromatic nitrogens is 1. The summed E-state index contributed by atoms with van der Waals surface area (Å²) >= 11 is 0. The summed E-state index contributed by atoms with van der Waals surface area (Å²) in [6.07, 6.45) is 4.03. The first kappa shape index (κ1) is 19.1. The lowest BCUT2D eigenvalue weighted by atomic mass is 10.1. The van der Waals surface area contributed by atoms with Crippen molar-refractivity contribution in [2.75, 3.05) is 16.0 Å². The van der Waals surface area contributed by atoms with Crippen LogP contribution in [-0.4, -0.2) is 16.8 Å². The monoisotopic (exact) mass is 374 g/mol. The van der Waals surface area contributed by atoms with Gasteiger partial charge < -0.3 is 16.0 Å². The second-order valence-electron chi connectivity index (χ2n) is 6.31. The lowest BCUT2D eigenvalue weighted by molar-refractivity contribution is -0.114. The Morgan fingerprint density at radius 2 is 1.61 bits per heavy atom. The average molecular weight is 374 g/mol. The summed E-state index contributed by atoms with van der Waals surface area (Å²) in [7, 11) is 0. The minimum absolute atomic E-state index is 0.117. The van der Waals surface area contributed by atoms with Gasteiger partial charge in [0, 0.05) is 30.2 Å². The van der Waals surface area contributed by atoms with Crippen molar-refractivity contribution in [3.8, 4) is 0 Å². The zero-order valence-electron chi connectivity index (χ0n) is 15.8. The van der Waals surface area contributed by atoms with Crippen molar-refractivity contribution in [1.29, 1.82) is 0 Å². The number of anilines is 4. The second kappa shape index (κ2) is 8.81. The molecule has 0 aliphatic rings. The summed E-state index contributed by atoms with van der Waals surface area (Å²) in [5, 5.41) is 8.88. The Bertz CT molecular complexity index is 984. The van der Waals surface area contributed by atoms with Gasteiger partial charge >= 0.3 is 0 Å². The fraction of sp³-hybridized carbons (Fsp3) is 0.136. The van der Waals surface area contributed by atoms with E-state index < -0.39 is 0 Å². The number of carbonyl (C=O) groups is 2. The van der Waals surface area contributed by atoms with Gasteiger partial charge in [-0.3, -0.25) is 14.6 Å². The molecule has 2 amide bonds. The highest BCUT2D eigenvalue weighted by Crippen LogP contribution is 2.21. The van der Waals surface area contributed by atoms with Gasteiger partial charge in [0.25, 0.3) is 5.91 Å². The minimum atomic E-state index is -0.210. The van der Waals surface area contributed by atoms with E-state index >= 15 is 0 Å². The van der Waals surface area contributed by atoms with Crippen molar-refractivity contribution in [2.24, 2.45) is 0 Å². The largest absolute Gasteiger partial charge is 0.354 e. The summed E-state index contributed by atoms with van der Waals surface area (Å²) < 4.78 is 0. The number of hydrogen-bond donors (Lipinski definition) is 3. The Balaban J connectivity index is 1.71. The van der Waals surface area contributed by atoms with Gasteiger partial charge in [0.15, 0.2) is 0 Å². The van der Waals surface area contributed by atoms with Crippen molar-refractivity contribution < 1.29 is 9.59 Å². The summed E-state index contributed by atoms with van der Waals surface area (Å²) in [6.45, 7) is 3.52. The Kier molecular flexibility index (Phi) is 6.01. The SMILES string of the molecule is CCc1ccccc1NC(=O)c1cncc(Nc2ccc(NC(C)=O)cc2)c1. The third-order valence-electron chi connectivity index (χ3n) is 4.14. The van der Waals surface area contributed by atoms with Crippen molar-refractivity contribution >= 4 is 34.6 Å². The zero-order valence-corrected chi connectivity index (χ0v) is 15.8. The van der Waals surface area contributed by atoms with E-state index in [0.29, 0.717) is 11.3 Å². The number of para-hydroxylation sites is 1. The van der Waals surface area contributed by atoms with Gasteiger partial charge in [-0.15, -0.1) is 0 Å². The van der Waals surface area contributed by atoms with Crippen molar-refractivity contribution in [3.63, 3.8) is 0 Å². The maximum Gasteiger partial charge on any atom is 0.257 e. The van der Waals surface area contributed by atoms with Crippen LogP contribution in [0.15, 0.2) is 67.0 Å². The smallest absolute Gasteiger partial charge is 0.257 e. The second-order valence-corrected chi connectivity index (χ2v) is 6.31. The molecule has 0 spiro atoms. The molecular formula is C22H22N4O2. The lowest BCUT2D eigenvalue weighted by Gasteiger charge is -2.11. The topological polar surface area (TPSA) is 83.1 Å². The molecule has 3 aromatic rings. The fourth-order valence-corrected chi connectivity index (χ4v) is 2.78. The van der Waals surface area contributed by atoms with Crippen molar-refractivity contribution in [2.45, 2.75) is 20.3 Å². The number of aryl methyl sites for hydroxylation is 1. The Morgan fingerprint density at radius 1 is 0.893 bits per heavy atom. The molecule has 1 heterocycles. The van der Waals surface area contributed by atoms with Gasteiger partial charge in [0.1, 0.15) is 0 Å². The molecule has 0 aliphatic carbocycles. The first-order valence-electron chi connectivity index (χ1n) is 9.04. The Hall–Kier alpha value is -3.67. The number of rotatable bonds is 6. The molecule has 2 aromatic carbocycles. The van der Waals surface area contributed by atoms with E-state index in [1.54, 1.807) is 24.4 Å². The number of nitrogens with zero attached hydrogens (tertiary/aromatic N) is 1. The first-order valence-corrected chi connectivity index (χ1v) is 9.04. The van der Waals surface area contributed by atoms with Crippen LogP contribution >= 0.6 is 0 Å². The van der Waals surface area contributed by atoms with Crippen LogP contribution in [0.5, 0.6) is 0 Å². The molecule has 28 heavy (non-hydrogen) atoms. The lowest BCUT2D eigenvalue weighted by Crippen LogP contribution is -2.13. The van der Waals surface area contributed by atoms with E-state index in [1.807, 2.05) is 43.3 Å². The summed E-state index contributed by atoms with van der Waals surface area (Å²) in [5.74, 6) is -0.327. The number of amides is 2. The maximum atomic E-state index is 12.6. The Morgan fingerprint density at radius 3 is 2.32 bits per heavy atom. The predicted molar refractivity (Wildman–Crippen MR) is 112 cm³/mol. The molecular weight excluding hydrogens is 352 g/mol. The highest BCUT2D eigenvalue weighted by molar-refractivity contribution is 6.05. The molecule has 0 unspecified atom stereocenters. The predicted octanol–water partition coefficient (Wildman–Crippen LogP) is 4.60. The average Bonchev–Trinajstić information content (AvgIpc) is 2.70. The number of pyridine rings is 1. The van der Waals surface area contributed by atoms with Gasteiger partial charge in [-0.05, 0) is 48.4 Å². The van der Waals surface area contributed by atoms with E-state index in [2.05, 4.69) is 20.9 Å². The normalized spacial score (nSPS) is 10.2. The summed E-state index contributed by atoms with van der Waals surface area (Å²) in [4.78, 5) is 27.9. The van der Waals surface area contributed by atoms with Gasteiger partial charge in [-0.25, -0.2) is 0 Å². The van der Waals surface area contributed by atoms with Gasteiger partial charge in [-0.2, -0.15) is 0 Å². The zero-order chi connectivity index (χ0) is 19.9.